The molecule has 1 spiro atoms. The molecule has 2 atom stereocenters. The molecule has 5 heteroatoms. The molecular weight excluding hydrogens is 398 g/mol. The second-order valence-corrected chi connectivity index (χ2v) is 9.84. The lowest BCUT2D eigenvalue weighted by Crippen LogP contribution is -2.46. The third kappa shape index (κ3) is 4.28. The maximum atomic E-state index is 13.4. The van der Waals surface area contributed by atoms with Crippen molar-refractivity contribution < 1.29 is 9.53 Å². The highest BCUT2D eigenvalue weighted by Crippen LogP contribution is 2.42. The van der Waals surface area contributed by atoms with E-state index in [9.17, 15) is 4.79 Å². The average molecular weight is 434 g/mol. The fraction of sp³-hybridized carbons (Fsp3) is 0.519. The van der Waals surface area contributed by atoms with Gasteiger partial charge in [-0.05, 0) is 68.1 Å². The molecule has 0 unspecified atom stereocenters. The van der Waals surface area contributed by atoms with Gasteiger partial charge in [-0.2, -0.15) is 0 Å². The van der Waals surface area contributed by atoms with Crippen LogP contribution in [0.3, 0.4) is 0 Å². The molecule has 0 bridgehead atoms. The van der Waals surface area contributed by atoms with Gasteiger partial charge in [0.15, 0.2) is 0 Å². The van der Waals surface area contributed by atoms with E-state index >= 15 is 0 Å². The van der Waals surface area contributed by atoms with Crippen LogP contribution in [0.2, 0.25) is 0 Å². The van der Waals surface area contributed by atoms with E-state index in [2.05, 4.69) is 57.6 Å². The van der Waals surface area contributed by atoms with Crippen LogP contribution in [0.5, 0.6) is 5.75 Å². The van der Waals surface area contributed by atoms with Gasteiger partial charge in [0.1, 0.15) is 5.75 Å². The summed E-state index contributed by atoms with van der Waals surface area (Å²) < 4.78 is 5.25. The predicted octanol–water partition coefficient (Wildman–Crippen LogP) is 3.51. The van der Waals surface area contributed by atoms with Crippen LogP contribution in [-0.4, -0.2) is 62.1 Å². The predicted molar refractivity (Wildman–Crippen MR) is 127 cm³/mol. The van der Waals surface area contributed by atoms with Gasteiger partial charge < -0.3 is 19.9 Å². The molecule has 3 aliphatic rings. The van der Waals surface area contributed by atoms with Crippen molar-refractivity contribution in [1.82, 2.24) is 15.1 Å². The summed E-state index contributed by atoms with van der Waals surface area (Å²) in [5.41, 5.74) is 2.50. The number of ether oxygens (including phenoxy) is 1. The minimum absolute atomic E-state index is 0.129. The van der Waals surface area contributed by atoms with Crippen LogP contribution in [0.1, 0.15) is 36.3 Å². The van der Waals surface area contributed by atoms with Crippen LogP contribution in [0.25, 0.3) is 0 Å². The Bertz CT molecular complexity index is 906. The first-order valence-electron chi connectivity index (χ1n) is 12.1. The molecule has 3 fully saturated rings. The highest BCUT2D eigenvalue weighted by atomic mass is 16.5. The van der Waals surface area contributed by atoms with Crippen molar-refractivity contribution in [3.05, 3.63) is 65.7 Å². The third-order valence-corrected chi connectivity index (χ3v) is 8.01. The van der Waals surface area contributed by atoms with Crippen molar-refractivity contribution in [2.45, 2.75) is 31.7 Å². The first-order chi connectivity index (χ1) is 15.7. The van der Waals surface area contributed by atoms with Crippen LogP contribution in [0.4, 0.5) is 0 Å². The summed E-state index contributed by atoms with van der Waals surface area (Å²) in [6, 6.07) is 19.0. The van der Waals surface area contributed by atoms with E-state index in [0.29, 0.717) is 24.3 Å². The van der Waals surface area contributed by atoms with Gasteiger partial charge >= 0.3 is 0 Å². The fourth-order valence-corrected chi connectivity index (χ4v) is 5.97. The Labute approximate surface area is 191 Å². The zero-order valence-corrected chi connectivity index (χ0v) is 19.1. The molecule has 3 aliphatic heterocycles. The van der Waals surface area contributed by atoms with Gasteiger partial charge in [-0.25, -0.2) is 0 Å². The molecule has 1 N–H and O–H groups in total. The summed E-state index contributed by atoms with van der Waals surface area (Å²) in [6.07, 6.45) is 3.01. The molecule has 3 heterocycles. The maximum absolute atomic E-state index is 13.4. The first-order valence-corrected chi connectivity index (χ1v) is 12.1. The summed E-state index contributed by atoms with van der Waals surface area (Å²) in [6.45, 7) is 6.97. The number of rotatable bonds is 6. The molecule has 0 saturated carbocycles. The fourth-order valence-electron chi connectivity index (χ4n) is 5.97. The lowest BCUT2D eigenvalue weighted by atomic mass is 9.76. The van der Waals surface area contributed by atoms with Gasteiger partial charge in [0.25, 0.3) is 0 Å². The Kier molecular flexibility index (Phi) is 6.20. The number of likely N-dealkylation sites (tertiary alicyclic amines) is 2. The summed E-state index contributed by atoms with van der Waals surface area (Å²) in [5, 5.41) is 3.61. The van der Waals surface area contributed by atoms with E-state index in [0.717, 1.165) is 64.3 Å². The van der Waals surface area contributed by atoms with Gasteiger partial charge in [0.05, 0.1) is 12.5 Å². The molecule has 2 aromatic carbocycles. The lowest BCUT2D eigenvalue weighted by molar-refractivity contribution is -0.139. The molecule has 0 radical (unpaired) electrons. The smallest absolute Gasteiger partial charge is 0.229 e. The topological polar surface area (TPSA) is 44.8 Å². The quantitative estimate of drug-likeness (QED) is 0.757. The van der Waals surface area contributed by atoms with Crippen molar-refractivity contribution >= 4 is 5.91 Å². The Morgan fingerprint density at radius 2 is 1.69 bits per heavy atom. The SMILES string of the molecule is COc1ccc(CN2CCC3(CCN(C[C@H]4CNC[C@@H]4c4ccccc4)CC3)C2=O)cc1. The third-order valence-electron chi connectivity index (χ3n) is 8.01. The standard InChI is InChI=1S/C27H35N3O2/c1-32-24-9-7-21(8-10-24)19-30-16-13-27(26(30)31)11-14-29(15-12-27)20-23-17-28-18-25(23)22-5-3-2-4-6-22/h2-10,23,25,28H,11-20H2,1H3/t23-,25-/m1/s1. The Balaban J connectivity index is 1.16. The molecular formula is C27H35N3O2. The lowest BCUT2D eigenvalue weighted by Gasteiger charge is -2.39. The Morgan fingerprint density at radius 1 is 0.969 bits per heavy atom. The summed E-state index contributed by atoms with van der Waals surface area (Å²) in [7, 11) is 1.68. The maximum Gasteiger partial charge on any atom is 0.229 e. The van der Waals surface area contributed by atoms with Crippen molar-refractivity contribution in [1.29, 1.82) is 0 Å². The molecule has 3 saturated heterocycles. The van der Waals surface area contributed by atoms with E-state index < -0.39 is 0 Å². The second-order valence-electron chi connectivity index (χ2n) is 9.84. The van der Waals surface area contributed by atoms with Crippen LogP contribution < -0.4 is 10.1 Å². The van der Waals surface area contributed by atoms with Gasteiger partial charge in [-0.3, -0.25) is 4.79 Å². The first kappa shape index (κ1) is 21.5. The molecule has 170 valence electrons. The minimum atomic E-state index is -0.129. The number of piperidine rings is 1. The second kappa shape index (κ2) is 9.24. The Morgan fingerprint density at radius 3 is 2.41 bits per heavy atom. The zero-order valence-electron chi connectivity index (χ0n) is 19.1. The van der Waals surface area contributed by atoms with E-state index in [4.69, 9.17) is 4.74 Å². The minimum Gasteiger partial charge on any atom is -0.497 e. The average Bonchev–Trinajstić information content (AvgIpc) is 3.42. The van der Waals surface area contributed by atoms with Gasteiger partial charge in [0.2, 0.25) is 5.91 Å². The van der Waals surface area contributed by atoms with Gasteiger partial charge in [-0.15, -0.1) is 0 Å². The number of hydrogen-bond donors (Lipinski definition) is 1. The number of carbonyl (C=O) groups excluding carboxylic acids is 1. The van der Waals surface area contributed by atoms with Crippen molar-refractivity contribution in [2.75, 3.05) is 46.4 Å². The number of nitrogens with one attached hydrogen (secondary N) is 1. The van der Waals surface area contributed by atoms with E-state index in [-0.39, 0.29) is 5.41 Å². The molecule has 1 amide bonds. The number of nitrogens with zero attached hydrogens (tertiary/aromatic N) is 2. The highest BCUT2D eigenvalue weighted by molar-refractivity contribution is 5.85. The number of methoxy groups -OCH3 is 1. The van der Waals surface area contributed by atoms with Crippen molar-refractivity contribution in [3.63, 3.8) is 0 Å². The van der Waals surface area contributed by atoms with Gasteiger partial charge in [-0.1, -0.05) is 42.5 Å². The van der Waals surface area contributed by atoms with Crippen LogP contribution in [0, 0.1) is 11.3 Å². The van der Waals surface area contributed by atoms with E-state index in [1.165, 1.54) is 11.1 Å². The molecule has 2 aromatic rings. The molecule has 32 heavy (non-hydrogen) atoms. The normalized spacial score (nSPS) is 25.5. The molecule has 0 aromatic heterocycles. The zero-order chi connectivity index (χ0) is 22.0. The number of hydrogen-bond acceptors (Lipinski definition) is 4. The number of carbonyl (C=O) groups is 1. The van der Waals surface area contributed by atoms with Crippen LogP contribution in [-0.2, 0) is 11.3 Å². The van der Waals surface area contributed by atoms with Crippen molar-refractivity contribution in [2.24, 2.45) is 11.3 Å². The monoisotopic (exact) mass is 433 g/mol. The Hall–Kier alpha value is -2.37. The summed E-state index contributed by atoms with van der Waals surface area (Å²) >= 11 is 0. The summed E-state index contributed by atoms with van der Waals surface area (Å²) in [4.78, 5) is 18.1. The summed E-state index contributed by atoms with van der Waals surface area (Å²) in [5.74, 6) is 2.48. The number of benzene rings is 2. The molecule has 5 nitrogen and oxygen atoms in total. The highest BCUT2D eigenvalue weighted by Gasteiger charge is 2.48. The molecule has 5 rings (SSSR count). The van der Waals surface area contributed by atoms with Crippen LogP contribution in [0.15, 0.2) is 54.6 Å². The van der Waals surface area contributed by atoms with E-state index in [1.54, 1.807) is 7.11 Å². The van der Waals surface area contributed by atoms with Crippen LogP contribution >= 0.6 is 0 Å². The van der Waals surface area contributed by atoms with Gasteiger partial charge in [0, 0.05) is 32.1 Å². The number of amides is 1. The van der Waals surface area contributed by atoms with E-state index in [1.807, 2.05) is 12.1 Å². The largest absolute Gasteiger partial charge is 0.497 e. The molecule has 0 aliphatic carbocycles. The van der Waals surface area contributed by atoms with Crippen molar-refractivity contribution in [3.8, 4) is 5.75 Å².